The lowest BCUT2D eigenvalue weighted by atomic mass is 9.70. The highest BCUT2D eigenvalue weighted by Gasteiger charge is 2.59. The molecule has 1 aromatic heterocycles. The first-order valence-corrected chi connectivity index (χ1v) is 6.98. The van der Waals surface area contributed by atoms with Gasteiger partial charge in [0.25, 0.3) is 0 Å². The van der Waals surface area contributed by atoms with E-state index in [0.717, 1.165) is 18.2 Å². The van der Waals surface area contributed by atoms with Crippen molar-refractivity contribution in [1.82, 2.24) is 4.98 Å². The Bertz CT molecular complexity index is 475. The number of fused-ring (bicyclic) bond motifs is 2. The zero-order valence-electron chi connectivity index (χ0n) is 11.6. The molecule has 0 amide bonds. The minimum Gasteiger partial charge on any atom is -0.287 e. The number of hydrogen-bond donors (Lipinski definition) is 0. The van der Waals surface area contributed by atoms with Gasteiger partial charge in [-0.2, -0.15) is 0 Å². The summed E-state index contributed by atoms with van der Waals surface area (Å²) >= 11 is 0. The fraction of sp³-hybridized carbons (Fsp3) is 0.625. The van der Waals surface area contributed by atoms with Gasteiger partial charge in [-0.15, -0.1) is 0 Å². The maximum atomic E-state index is 4.90. The molecule has 0 spiro atoms. The monoisotopic (exact) mass is 242 g/mol. The predicted octanol–water partition coefficient (Wildman–Crippen LogP) is 3.87. The Morgan fingerprint density at radius 1 is 1.33 bits per heavy atom. The van der Waals surface area contributed by atoms with Crippen molar-refractivity contribution >= 4 is 5.71 Å². The van der Waals surface area contributed by atoms with Crippen LogP contribution in [0.1, 0.15) is 45.7 Å². The van der Waals surface area contributed by atoms with Gasteiger partial charge < -0.3 is 0 Å². The van der Waals surface area contributed by atoms with E-state index in [2.05, 4.69) is 31.8 Å². The minimum absolute atomic E-state index is 0.326. The van der Waals surface area contributed by atoms with Gasteiger partial charge in [0.2, 0.25) is 0 Å². The third-order valence-electron chi connectivity index (χ3n) is 5.67. The lowest BCUT2D eigenvalue weighted by Crippen LogP contribution is -2.32. The molecule has 2 aliphatic rings. The Kier molecular flexibility index (Phi) is 2.58. The fourth-order valence-electron chi connectivity index (χ4n) is 3.84. The predicted molar refractivity (Wildman–Crippen MR) is 74.6 cm³/mol. The summed E-state index contributed by atoms with van der Waals surface area (Å²) in [5.41, 5.74) is 3.27. The molecule has 1 heterocycles. The van der Waals surface area contributed by atoms with E-state index in [9.17, 15) is 0 Å². The van der Waals surface area contributed by atoms with Crippen molar-refractivity contribution in [3.63, 3.8) is 0 Å². The first-order chi connectivity index (χ1) is 8.54. The maximum absolute atomic E-state index is 4.90. The molecule has 2 bridgehead atoms. The van der Waals surface area contributed by atoms with Crippen molar-refractivity contribution in [2.75, 3.05) is 0 Å². The highest BCUT2D eigenvalue weighted by atomic mass is 14.8. The van der Waals surface area contributed by atoms with Crippen LogP contribution in [0.15, 0.2) is 29.4 Å². The molecule has 0 saturated heterocycles. The third kappa shape index (κ3) is 1.54. The van der Waals surface area contributed by atoms with Crippen molar-refractivity contribution in [3.05, 3.63) is 30.1 Å². The number of nitrogens with zero attached hydrogens (tertiary/aromatic N) is 2. The maximum Gasteiger partial charge on any atom is 0.0811 e. The van der Waals surface area contributed by atoms with Crippen LogP contribution < -0.4 is 0 Å². The van der Waals surface area contributed by atoms with E-state index < -0.39 is 0 Å². The third-order valence-corrected chi connectivity index (χ3v) is 5.67. The first-order valence-electron chi connectivity index (χ1n) is 6.98. The molecule has 2 nitrogen and oxygen atoms in total. The summed E-state index contributed by atoms with van der Waals surface area (Å²) in [5, 5.41) is 0. The van der Waals surface area contributed by atoms with E-state index in [4.69, 9.17) is 4.99 Å². The Morgan fingerprint density at radius 2 is 2.17 bits per heavy atom. The standard InChI is InChI=1S/C16H22N2/c1-15(2)12-7-8-16(15,3)14(10-12)18-11-13-6-4-5-9-17-13/h4-6,9,12H,7-8,10-11H2,1-3H3/b18-14+. The van der Waals surface area contributed by atoms with Gasteiger partial charge in [0, 0.05) is 17.3 Å². The van der Waals surface area contributed by atoms with Crippen LogP contribution in [0.5, 0.6) is 0 Å². The quantitative estimate of drug-likeness (QED) is 0.773. The number of aromatic nitrogens is 1. The van der Waals surface area contributed by atoms with Gasteiger partial charge in [-0.25, -0.2) is 0 Å². The summed E-state index contributed by atoms with van der Waals surface area (Å²) in [6.45, 7) is 8.01. The molecule has 0 aliphatic heterocycles. The van der Waals surface area contributed by atoms with E-state index in [0.29, 0.717) is 10.8 Å². The van der Waals surface area contributed by atoms with Gasteiger partial charge in [0.15, 0.2) is 0 Å². The molecule has 2 aliphatic carbocycles. The van der Waals surface area contributed by atoms with Gasteiger partial charge in [-0.1, -0.05) is 26.8 Å². The van der Waals surface area contributed by atoms with E-state index in [1.54, 1.807) is 0 Å². The molecule has 0 radical (unpaired) electrons. The molecular formula is C16H22N2. The summed E-state index contributed by atoms with van der Waals surface area (Å²) < 4.78 is 0. The molecule has 2 atom stereocenters. The molecular weight excluding hydrogens is 220 g/mol. The second-order valence-corrected chi connectivity index (χ2v) is 6.58. The summed E-state index contributed by atoms with van der Waals surface area (Å²) in [5.74, 6) is 0.838. The Balaban J connectivity index is 1.83. The van der Waals surface area contributed by atoms with Crippen molar-refractivity contribution in [1.29, 1.82) is 0 Å². The van der Waals surface area contributed by atoms with Gasteiger partial charge in [0.05, 0.1) is 12.2 Å². The molecule has 0 aromatic carbocycles. The average molecular weight is 242 g/mol. The van der Waals surface area contributed by atoms with Crippen LogP contribution >= 0.6 is 0 Å². The van der Waals surface area contributed by atoms with Crippen LogP contribution in [0.2, 0.25) is 0 Å². The molecule has 18 heavy (non-hydrogen) atoms. The van der Waals surface area contributed by atoms with Gasteiger partial charge in [-0.05, 0) is 42.7 Å². The lowest BCUT2D eigenvalue weighted by Gasteiger charge is -2.34. The van der Waals surface area contributed by atoms with Gasteiger partial charge >= 0.3 is 0 Å². The van der Waals surface area contributed by atoms with Crippen LogP contribution in [0.3, 0.4) is 0 Å². The van der Waals surface area contributed by atoms with E-state index in [1.807, 2.05) is 18.3 Å². The molecule has 3 rings (SSSR count). The van der Waals surface area contributed by atoms with Crippen LogP contribution in [0, 0.1) is 16.7 Å². The number of hydrogen-bond acceptors (Lipinski definition) is 2. The second kappa shape index (κ2) is 3.91. The van der Waals surface area contributed by atoms with E-state index in [-0.39, 0.29) is 0 Å². The zero-order valence-corrected chi connectivity index (χ0v) is 11.6. The molecule has 2 unspecified atom stereocenters. The van der Waals surface area contributed by atoms with Crippen molar-refractivity contribution in [3.8, 4) is 0 Å². The molecule has 2 heteroatoms. The summed E-state index contributed by atoms with van der Waals surface area (Å²) in [6.07, 6.45) is 5.75. The van der Waals surface area contributed by atoms with Crippen LogP contribution in [-0.2, 0) is 6.54 Å². The molecule has 96 valence electrons. The Morgan fingerprint density at radius 3 is 2.72 bits per heavy atom. The number of pyridine rings is 1. The van der Waals surface area contributed by atoms with Crippen molar-refractivity contribution < 1.29 is 0 Å². The average Bonchev–Trinajstić information content (AvgIpc) is 2.70. The molecule has 2 fully saturated rings. The molecule has 0 N–H and O–H groups in total. The smallest absolute Gasteiger partial charge is 0.0811 e. The van der Waals surface area contributed by atoms with Crippen molar-refractivity contribution in [2.24, 2.45) is 21.7 Å². The topological polar surface area (TPSA) is 25.2 Å². The zero-order chi connectivity index (χ0) is 12.8. The first kappa shape index (κ1) is 11.9. The number of rotatable bonds is 2. The van der Waals surface area contributed by atoms with E-state index in [1.165, 1.54) is 25.0 Å². The van der Waals surface area contributed by atoms with E-state index >= 15 is 0 Å². The highest BCUT2D eigenvalue weighted by molar-refractivity contribution is 5.94. The van der Waals surface area contributed by atoms with Gasteiger partial charge in [0.1, 0.15) is 0 Å². The van der Waals surface area contributed by atoms with Gasteiger partial charge in [-0.3, -0.25) is 9.98 Å². The summed E-state index contributed by atoms with van der Waals surface area (Å²) in [7, 11) is 0. The lowest BCUT2D eigenvalue weighted by molar-refractivity contribution is 0.193. The largest absolute Gasteiger partial charge is 0.287 e. The summed E-state index contributed by atoms with van der Waals surface area (Å²) in [4.78, 5) is 9.25. The highest BCUT2D eigenvalue weighted by Crippen LogP contribution is 2.63. The SMILES string of the molecule is CC12CCC(C/C1=N\Cc1ccccn1)C2(C)C. The molecule has 1 aromatic rings. The Labute approximate surface area is 110 Å². The van der Waals surface area contributed by atoms with Crippen LogP contribution in [-0.4, -0.2) is 10.7 Å². The number of aliphatic imine (C=N–C) groups is 1. The van der Waals surface area contributed by atoms with Crippen LogP contribution in [0.4, 0.5) is 0 Å². The summed E-state index contributed by atoms with van der Waals surface area (Å²) in [6, 6.07) is 6.05. The molecule has 2 saturated carbocycles. The normalized spacial score (nSPS) is 35.3. The van der Waals surface area contributed by atoms with Crippen molar-refractivity contribution in [2.45, 2.75) is 46.6 Å². The minimum atomic E-state index is 0.326. The fourth-order valence-corrected chi connectivity index (χ4v) is 3.84. The Hall–Kier alpha value is -1.18. The van der Waals surface area contributed by atoms with Crippen LogP contribution in [0.25, 0.3) is 0 Å². The second-order valence-electron chi connectivity index (χ2n) is 6.58.